The molecule has 0 aliphatic carbocycles. The van der Waals surface area contributed by atoms with Crippen LogP contribution < -0.4 is 4.31 Å². The Bertz CT molecular complexity index is 897. The first-order valence-corrected chi connectivity index (χ1v) is 10.5. The lowest BCUT2D eigenvalue weighted by Crippen LogP contribution is -2.38. The Balaban J connectivity index is 1.78. The van der Waals surface area contributed by atoms with E-state index in [-0.39, 0.29) is 11.7 Å². The van der Waals surface area contributed by atoms with Gasteiger partial charge in [0.1, 0.15) is 0 Å². The Hall–Kier alpha value is -2.05. The van der Waals surface area contributed by atoms with Crippen LogP contribution in [0, 0.1) is 0 Å². The highest BCUT2D eigenvalue weighted by atomic mass is 35.5. The van der Waals surface area contributed by atoms with E-state index in [0.29, 0.717) is 35.8 Å². The van der Waals surface area contributed by atoms with Crippen LogP contribution in [0.25, 0.3) is 0 Å². The van der Waals surface area contributed by atoms with E-state index in [9.17, 15) is 13.2 Å². The second-order valence-electron chi connectivity index (χ2n) is 6.43. The maximum atomic E-state index is 12.7. The van der Waals surface area contributed by atoms with E-state index in [1.165, 1.54) is 4.31 Å². The summed E-state index contributed by atoms with van der Waals surface area (Å²) in [6.07, 6.45) is 1.51. The highest BCUT2D eigenvalue weighted by Crippen LogP contribution is 2.25. The van der Waals surface area contributed by atoms with Crippen molar-refractivity contribution >= 4 is 33.2 Å². The minimum absolute atomic E-state index is 0.154. The lowest BCUT2D eigenvalue weighted by molar-refractivity contribution is 0.0785. The van der Waals surface area contributed by atoms with Gasteiger partial charge >= 0.3 is 0 Å². The molecule has 26 heavy (non-hydrogen) atoms. The maximum absolute atomic E-state index is 12.7. The third-order valence-electron chi connectivity index (χ3n) is 4.41. The summed E-state index contributed by atoms with van der Waals surface area (Å²) in [7, 11) is -1.57. The molecule has 1 aliphatic rings. The lowest BCUT2D eigenvalue weighted by atomic mass is 10.1. The summed E-state index contributed by atoms with van der Waals surface area (Å²) < 4.78 is 26.0. The molecule has 0 radical (unpaired) electrons. The first-order valence-electron chi connectivity index (χ1n) is 8.47. The van der Waals surface area contributed by atoms with Crippen LogP contribution in [-0.4, -0.2) is 38.6 Å². The van der Waals surface area contributed by atoms with E-state index < -0.39 is 10.0 Å². The van der Waals surface area contributed by atoms with Gasteiger partial charge in [-0.25, -0.2) is 8.42 Å². The predicted molar refractivity (Wildman–Crippen MR) is 104 cm³/mol. The number of hydrogen-bond donors (Lipinski definition) is 0. The van der Waals surface area contributed by atoms with Gasteiger partial charge in [-0.3, -0.25) is 9.10 Å². The number of rotatable bonds is 4. The molecule has 1 fully saturated rings. The summed E-state index contributed by atoms with van der Waals surface area (Å²) in [6, 6.07) is 14.2. The van der Waals surface area contributed by atoms with Gasteiger partial charge in [0.2, 0.25) is 10.0 Å². The Morgan fingerprint density at radius 3 is 2.58 bits per heavy atom. The van der Waals surface area contributed by atoms with Gasteiger partial charge in [-0.2, -0.15) is 0 Å². The Labute approximate surface area is 159 Å². The van der Waals surface area contributed by atoms with Gasteiger partial charge in [-0.1, -0.05) is 29.8 Å². The van der Waals surface area contributed by atoms with Crippen LogP contribution >= 0.6 is 11.6 Å². The molecule has 1 saturated heterocycles. The van der Waals surface area contributed by atoms with Crippen LogP contribution in [0.3, 0.4) is 0 Å². The zero-order chi connectivity index (χ0) is 18.7. The molecule has 2 aromatic carbocycles. The Morgan fingerprint density at radius 1 is 1.15 bits per heavy atom. The van der Waals surface area contributed by atoms with E-state index in [1.807, 2.05) is 12.1 Å². The van der Waals surface area contributed by atoms with E-state index in [0.717, 1.165) is 12.0 Å². The molecule has 0 saturated carbocycles. The van der Waals surface area contributed by atoms with Crippen LogP contribution in [0.5, 0.6) is 0 Å². The van der Waals surface area contributed by atoms with Crippen LogP contribution in [0.2, 0.25) is 5.02 Å². The van der Waals surface area contributed by atoms with Crippen LogP contribution in [0.4, 0.5) is 5.69 Å². The Kier molecular flexibility index (Phi) is 5.53. The molecule has 2 aromatic rings. The van der Waals surface area contributed by atoms with Gasteiger partial charge < -0.3 is 4.90 Å². The summed E-state index contributed by atoms with van der Waals surface area (Å²) >= 11 is 5.89. The second-order valence-corrected chi connectivity index (χ2v) is 8.88. The van der Waals surface area contributed by atoms with Crippen molar-refractivity contribution in [3.63, 3.8) is 0 Å². The first-order chi connectivity index (χ1) is 12.4. The third-order valence-corrected chi connectivity index (χ3v) is 6.53. The fraction of sp³-hybridized carbons (Fsp3) is 0.316. The molecule has 0 N–H and O–H groups in total. The molecule has 0 bridgehead atoms. The van der Waals surface area contributed by atoms with Crippen molar-refractivity contribution in [3.8, 4) is 0 Å². The van der Waals surface area contributed by atoms with E-state index in [4.69, 9.17) is 11.6 Å². The molecule has 7 heteroatoms. The number of halogens is 1. The Morgan fingerprint density at radius 2 is 1.88 bits per heavy atom. The predicted octanol–water partition coefficient (Wildman–Crippen LogP) is 3.54. The van der Waals surface area contributed by atoms with Crippen molar-refractivity contribution in [2.75, 3.05) is 23.7 Å². The minimum Gasteiger partial charge on any atom is -0.337 e. The largest absolute Gasteiger partial charge is 0.337 e. The summed E-state index contributed by atoms with van der Waals surface area (Å²) in [6.45, 7) is 0.906. The quantitative estimate of drug-likeness (QED) is 0.799. The molecule has 1 amide bonds. The number of amides is 1. The van der Waals surface area contributed by atoms with Crippen LogP contribution in [-0.2, 0) is 16.6 Å². The summed E-state index contributed by atoms with van der Waals surface area (Å²) in [4.78, 5) is 14.3. The minimum atomic E-state index is -3.30. The number of carbonyl (C=O) groups is 1. The van der Waals surface area contributed by atoms with Crippen molar-refractivity contribution in [1.29, 1.82) is 0 Å². The van der Waals surface area contributed by atoms with Gasteiger partial charge in [0, 0.05) is 30.7 Å². The van der Waals surface area contributed by atoms with Gasteiger partial charge in [0.25, 0.3) is 5.91 Å². The first kappa shape index (κ1) is 18.7. The molecule has 5 nitrogen and oxygen atoms in total. The zero-order valence-electron chi connectivity index (χ0n) is 14.6. The molecule has 1 heterocycles. The number of benzene rings is 2. The average molecular weight is 393 g/mol. The number of carbonyl (C=O) groups excluding carboxylic acids is 1. The monoisotopic (exact) mass is 392 g/mol. The summed E-state index contributed by atoms with van der Waals surface area (Å²) in [5.74, 6) is -0.00188. The normalized spacial score (nSPS) is 16.3. The van der Waals surface area contributed by atoms with Crippen molar-refractivity contribution in [1.82, 2.24) is 4.90 Å². The van der Waals surface area contributed by atoms with E-state index in [1.54, 1.807) is 48.3 Å². The van der Waals surface area contributed by atoms with E-state index >= 15 is 0 Å². The number of sulfonamides is 1. The standard InChI is InChI=1S/C19H21ClN2O3S/c1-21(14-15-7-9-17(20)10-8-15)19(23)16-5-4-6-18(13-16)22-11-2-3-12-26(22,24)25/h4-10,13H,2-3,11-12,14H2,1H3. The highest BCUT2D eigenvalue weighted by Gasteiger charge is 2.26. The third kappa shape index (κ3) is 4.19. The summed E-state index contributed by atoms with van der Waals surface area (Å²) in [5, 5.41) is 0.651. The highest BCUT2D eigenvalue weighted by molar-refractivity contribution is 7.92. The van der Waals surface area contributed by atoms with Gasteiger partial charge in [-0.15, -0.1) is 0 Å². The molecule has 0 atom stereocenters. The van der Waals surface area contributed by atoms with Crippen molar-refractivity contribution in [3.05, 3.63) is 64.7 Å². The van der Waals surface area contributed by atoms with Crippen molar-refractivity contribution in [2.24, 2.45) is 0 Å². The van der Waals surface area contributed by atoms with Crippen molar-refractivity contribution in [2.45, 2.75) is 19.4 Å². The fourth-order valence-electron chi connectivity index (χ4n) is 3.03. The number of hydrogen-bond acceptors (Lipinski definition) is 3. The number of nitrogens with zero attached hydrogens (tertiary/aromatic N) is 2. The van der Waals surface area contributed by atoms with Gasteiger partial charge in [0.05, 0.1) is 11.4 Å². The van der Waals surface area contributed by atoms with Crippen LogP contribution in [0.1, 0.15) is 28.8 Å². The fourth-order valence-corrected chi connectivity index (χ4v) is 4.79. The van der Waals surface area contributed by atoms with E-state index in [2.05, 4.69) is 0 Å². The molecule has 0 unspecified atom stereocenters. The molecule has 138 valence electrons. The van der Waals surface area contributed by atoms with Gasteiger partial charge in [0.15, 0.2) is 0 Å². The zero-order valence-corrected chi connectivity index (χ0v) is 16.1. The number of anilines is 1. The molecule has 0 aromatic heterocycles. The molecule has 3 rings (SSSR count). The average Bonchev–Trinajstić information content (AvgIpc) is 2.62. The second kappa shape index (κ2) is 7.68. The lowest BCUT2D eigenvalue weighted by Gasteiger charge is -2.28. The van der Waals surface area contributed by atoms with Gasteiger partial charge in [-0.05, 0) is 48.7 Å². The molecule has 0 spiro atoms. The molecular weight excluding hydrogens is 372 g/mol. The smallest absolute Gasteiger partial charge is 0.253 e. The SMILES string of the molecule is CN(Cc1ccc(Cl)cc1)C(=O)c1cccc(N2CCCCS2(=O)=O)c1. The van der Waals surface area contributed by atoms with Crippen LogP contribution in [0.15, 0.2) is 48.5 Å². The molecular formula is C19H21ClN2O3S. The topological polar surface area (TPSA) is 57.7 Å². The van der Waals surface area contributed by atoms with Crippen molar-refractivity contribution < 1.29 is 13.2 Å². The maximum Gasteiger partial charge on any atom is 0.253 e. The molecule has 1 aliphatic heterocycles. The summed E-state index contributed by atoms with van der Waals surface area (Å²) in [5.41, 5.74) is 2.00.